The molecule has 3 rings (SSSR count). The number of nitrogens with zero attached hydrogens (tertiary/aromatic N) is 3. The van der Waals surface area contributed by atoms with Crippen LogP contribution < -0.4 is 0 Å². The number of halogens is 4. The summed E-state index contributed by atoms with van der Waals surface area (Å²) >= 11 is 7.15. The second kappa shape index (κ2) is 6.05. The minimum atomic E-state index is -4.45. The predicted octanol–water partition coefficient (Wildman–Crippen LogP) is 5.00. The van der Waals surface area contributed by atoms with Crippen molar-refractivity contribution in [1.29, 1.82) is 0 Å². The molecule has 23 heavy (non-hydrogen) atoms. The fourth-order valence-corrected chi connectivity index (χ4v) is 3.18. The molecule has 0 radical (unpaired) electrons. The smallest absolute Gasteiger partial charge is 0.307 e. The van der Waals surface area contributed by atoms with Crippen LogP contribution in [0.3, 0.4) is 0 Å². The van der Waals surface area contributed by atoms with Crippen molar-refractivity contribution in [3.63, 3.8) is 0 Å². The average molecular weight is 358 g/mol. The largest absolute Gasteiger partial charge is 0.417 e. The molecule has 120 valence electrons. The molecule has 0 unspecified atom stereocenters. The number of alkyl halides is 3. The quantitative estimate of drug-likeness (QED) is 0.618. The molecule has 3 nitrogen and oxygen atoms in total. The number of aryl methyl sites for hydroxylation is 1. The number of imidazole rings is 1. The highest BCUT2D eigenvalue weighted by molar-refractivity contribution is 7.98. The Morgan fingerprint density at radius 1 is 1.35 bits per heavy atom. The summed E-state index contributed by atoms with van der Waals surface area (Å²) in [5.41, 5.74) is 1.86. The van der Waals surface area contributed by atoms with E-state index in [1.54, 1.807) is 0 Å². The van der Waals surface area contributed by atoms with Crippen LogP contribution in [-0.4, -0.2) is 14.4 Å². The third-order valence-corrected chi connectivity index (χ3v) is 4.66. The molecule has 0 bridgehead atoms. The van der Waals surface area contributed by atoms with E-state index >= 15 is 0 Å². The third kappa shape index (κ3) is 3.45. The Balaban J connectivity index is 1.78. The zero-order valence-corrected chi connectivity index (χ0v) is 13.5. The summed E-state index contributed by atoms with van der Waals surface area (Å²) in [6, 6.07) is 4.79. The van der Waals surface area contributed by atoms with Crippen LogP contribution in [0.5, 0.6) is 0 Å². The summed E-state index contributed by atoms with van der Waals surface area (Å²) in [5, 5.41) is 0.346. The van der Waals surface area contributed by atoms with Gasteiger partial charge in [0, 0.05) is 24.3 Å². The molecule has 3 aromatic heterocycles. The van der Waals surface area contributed by atoms with Gasteiger partial charge in [-0.25, -0.2) is 9.97 Å². The monoisotopic (exact) mass is 357 g/mol. The summed E-state index contributed by atoms with van der Waals surface area (Å²) in [4.78, 5) is 8.31. The number of aromatic nitrogens is 3. The molecule has 0 atom stereocenters. The maximum Gasteiger partial charge on any atom is 0.417 e. The lowest BCUT2D eigenvalue weighted by Crippen LogP contribution is -2.05. The first-order valence-electron chi connectivity index (χ1n) is 6.63. The topological polar surface area (TPSA) is 30.2 Å². The van der Waals surface area contributed by atoms with Crippen LogP contribution >= 0.6 is 23.4 Å². The van der Waals surface area contributed by atoms with Crippen LogP contribution in [0.2, 0.25) is 5.02 Å². The molecule has 8 heteroatoms. The predicted molar refractivity (Wildman–Crippen MR) is 83.7 cm³/mol. The fourth-order valence-electron chi connectivity index (χ4n) is 2.10. The van der Waals surface area contributed by atoms with E-state index in [9.17, 15) is 13.2 Å². The van der Waals surface area contributed by atoms with E-state index in [-0.39, 0.29) is 5.02 Å². The zero-order chi connectivity index (χ0) is 16.6. The van der Waals surface area contributed by atoms with Crippen LogP contribution in [0.4, 0.5) is 13.2 Å². The van der Waals surface area contributed by atoms with Gasteiger partial charge >= 0.3 is 6.18 Å². The van der Waals surface area contributed by atoms with Crippen LogP contribution in [-0.2, 0) is 11.9 Å². The summed E-state index contributed by atoms with van der Waals surface area (Å²) in [5.74, 6) is 0.471. The van der Waals surface area contributed by atoms with E-state index in [1.165, 1.54) is 11.8 Å². The van der Waals surface area contributed by atoms with E-state index in [4.69, 9.17) is 11.6 Å². The molecule has 0 saturated carbocycles. The Kier molecular flexibility index (Phi) is 4.25. The number of rotatable bonds is 3. The van der Waals surface area contributed by atoms with Gasteiger partial charge in [-0.2, -0.15) is 13.2 Å². The number of hydrogen-bond donors (Lipinski definition) is 0. The molecule has 0 saturated heterocycles. The van der Waals surface area contributed by atoms with E-state index in [0.29, 0.717) is 10.8 Å². The number of fused-ring (bicyclic) bond motifs is 1. The average Bonchev–Trinajstić information content (AvgIpc) is 2.89. The SMILES string of the molecule is Cc1cccn2cc(CSc3ncc(C(F)(F)F)cc3Cl)nc12. The van der Waals surface area contributed by atoms with Crippen LogP contribution in [0, 0.1) is 6.92 Å². The molecule has 3 heterocycles. The van der Waals surface area contributed by atoms with Gasteiger partial charge in [-0.1, -0.05) is 29.4 Å². The Labute approximate surface area is 139 Å². The maximum atomic E-state index is 12.6. The van der Waals surface area contributed by atoms with Crippen molar-refractivity contribution in [3.8, 4) is 0 Å². The molecular formula is C15H11ClF3N3S. The number of thioether (sulfide) groups is 1. The lowest BCUT2D eigenvalue weighted by atomic mass is 10.3. The normalized spacial score (nSPS) is 12.0. The van der Waals surface area contributed by atoms with Gasteiger partial charge < -0.3 is 4.40 Å². The van der Waals surface area contributed by atoms with Gasteiger partial charge in [0.25, 0.3) is 0 Å². The van der Waals surface area contributed by atoms with Crippen molar-refractivity contribution in [2.75, 3.05) is 0 Å². The molecular weight excluding hydrogens is 347 g/mol. The minimum Gasteiger partial charge on any atom is -0.307 e. The maximum absolute atomic E-state index is 12.6. The molecule has 0 fully saturated rings. The first kappa shape index (κ1) is 16.1. The van der Waals surface area contributed by atoms with E-state index in [0.717, 1.165) is 29.2 Å². The molecule has 0 spiro atoms. The first-order valence-corrected chi connectivity index (χ1v) is 7.99. The van der Waals surface area contributed by atoms with Crippen molar-refractivity contribution in [2.45, 2.75) is 23.9 Å². The summed E-state index contributed by atoms with van der Waals surface area (Å²) in [7, 11) is 0. The van der Waals surface area contributed by atoms with Crippen LogP contribution in [0.15, 0.2) is 41.8 Å². The highest BCUT2D eigenvalue weighted by Crippen LogP contribution is 2.34. The first-order chi connectivity index (χ1) is 10.8. The molecule has 3 aromatic rings. The summed E-state index contributed by atoms with van der Waals surface area (Å²) in [6.45, 7) is 1.97. The Morgan fingerprint density at radius 2 is 2.13 bits per heavy atom. The second-order valence-electron chi connectivity index (χ2n) is 4.95. The van der Waals surface area contributed by atoms with E-state index in [1.807, 2.05) is 35.9 Å². The fraction of sp³-hybridized carbons (Fsp3) is 0.200. The van der Waals surface area contributed by atoms with E-state index in [2.05, 4.69) is 9.97 Å². The van der Waals surface area contributed by atoms with Gasteiger partial charge in [0.05, 0.1) is 16.3 Å². The van der Waals surface area contributed by atoms with Crippen molar-refractivity contribution in [1.82, 2.24) is 14.4 Å². The van der Waals surface area contributed by atoms with Crippen LogP contribution in [0.25, 0.3) is 5.65 Å². The highest BCUT2D eigenvalue weighted by atomic mass is 35.5. The Bertz CT molecular complexity index is 861. The Morgan fingerprint density at radius 3 is 2.78 bits per heavy atom. The molecule has 0 aliphatic carbocycles. The van der Waals surface area contributed by atoms with Crippen molar-refractivity contribution in [2.24, 2.45) is 0 Å². The Hall–Kier alpha value is -1.73. The molecule has 0 aliphatic heterocycles. The van der Waals surface area contributed by atoms with Crippen molar-refractivity contribution in [3.05, 3.63) is 58.6 Å². The summed E-state index contributed by atoms with van der Waals surface area (Å²) in [6.07, 6.45) is 0.126. The molecule has 0 aromatic carbocycles. The molecule has 0 aliphatic rings. The minimum absolute atomic E-state index is 0.00947. The van der Waals surface area contributed by atoms with Gasteiger partial charge in [-0.05, 0) is 24.6 Å². The summed E-state index contributed by atoms with van der Waals surface area (Å²) < 4.78 is 39.7. The molecule has 0 N–H and O–H groups in total. The van der Waals surface area contributed by atoms with Gasteiger partial charge in [0.1, 0.15) is 10.7 Å². The number of hydrogen-bond acceptors (Lipinski definition) is 3. The van der Waals surface area contributed by atoms with Gasteiger partial charge in [0.15, 0.2) is 0 Å². The highest BCUT2D eigenvalue weighted by Gasteiger charge is 2.31. The number of pyridine rings is 2. The standard InChI is InChI=1S/C15H11ClF3N3S/c1-9-3-2-4-22-7-11(21-13(9)22)8-23-14-12(16)5-10(6-20-14)15(17,18)19/h2-7H,8H2,1H3. The zero-order valence-electron chi connectivity index (χ0n) is 11.9. The van der Waals surface area contributed by atoms with Gasteiger partial charge in [-0.3, -0.25) is 0 Å². The lowest BCUT2D eigenvalue weighted by molar-refractivity contribution is -0.137. The van der Waals surface area contributed by atoms with Crippen molar-refractivity contribution < 1.29 is 13.2 Å². The molecule has 0 amide bonds. The lowest BCUT2D eigenvalue weighted by Gasteiger charge is -2.08. The van der Waals surface area contributed by atoms with Gasteiger partial charge in [0.2, 0.25) is 0 Å². The third-order valence-electron chi connectivity index (χ3n) is 3.22. The van der Waals surface area contributed by atoms with Crippen molar-refractivity contribution >= 4 is 29.0 Å². The second-order valence-corrected chi connectivity index (χ2v) is 6.32. The van der Waals surface area contributed by atoms with E-state index < -0.39 is 11.7 Å². The van der Waals surface area contributed by atoms with Gasteiger partial charge in [-0.15, -0.1) is 0 Å². The van der Waals surface area contributed by atoms with Crippen LogP contribution in [0.1, 0.15) is 16.8 Å².